The van der Waals surface area contributed by atoms with Gasteiger partial charge in [-0.3, -0.25) is 19.8 Å². The van der Waals surface area contributed by atoms with Crippen molar-refractivity contribution >= 4 is 6.29 Å². The minimum absolute atomic E-state index is 0.0601. The maximum absolute atomic E-state index is 14.1. The van der Waals surface area contributed by atoms with E-state index < -0.39 is 10.6 Å². The molecule has 0 aliphatic heterocycles. The predicted molar refractivity (Wildman–Crippen MR) is 157 cm³/mol. The quantitative estimate of drug-likeness (QED) is 0.0733. The number of allylic oxidation sites excluding steroid dienone is 9. The Balaban J connectivity index is 0.000000611. The molecule has 216 valence electrons. The Kier molecular flexibility index (Phi) is 12.6. The van der Waals surface area contributed by atoms with Crippen LogP contribution in [0.2, 0.25) is 0 Å². The lowest BCUT2D eigenvalue weighted by atomic mass is 9.86. The molecule has 1 N–H and O–H groups in total. The summed E-state index contributed by atoms with van der Waals surface area (Å²) >= 11 is 0. The maximum atomic E-state index is 14.1. The van der Waals surface area contributed by atoms with Gasteiger partial charge in [0.1, 0.15) is 5.83 Å². The van der Waals surface area contributed by atoms with Crippen molar-refractivity contribution in [3.8, 4) is 0 Å². The van der Waals surface area contributed by atoms with Crippen molar-refractivity contribution in [3.63, 3.8) is 0 Å². The molecule has 8 heteroatoms. The summed E-state index contributed by atoms with van der Waals surface area (Å²) in [6.07, 6.45) is 16.5. The number of hydrogen-bond acceptors (Lipinski definition) is 6. The molecule has 7 nitrogen and oxygen atoms in total. The van der Waals surface area contributed by atoms with E-state index in [1.165, 1.54) is 31.2 Å². The van der Waals surface area contributed by atoms with E-state index in [2.05, 4.69) is 24.5 Å². The molecular formula is C32H41FN2O5. The molecule has 0 radical (unpaired) electrons. The molecule has 1 aromatic rings. The monoisotopic (exact) mass is 552 g/mol. The molecular weight excluding hydrogens is 511 g/mol. The SMILES string of the molecule is C/C=C\C(C)CN(C)C(OCC1(CO)CC1)(C1=CC=C(F)C=CC1)c1ccccc1C=O.C=C/C=C(\C)[N+](=O)[O-]. The van der Waals surface area contributed by atoms with Crippen molar-refractivity contribution in [3.05, 3.63) is 118 Å². The third kappa shape index (κ3) is 8.52. The molecule has 1 fully saturated rings. The van der Waals surface area contributed by atoms with Crippen molar-refractivity contribution in [1.82, 2.24) is 4.90 Å². The number of nitrogens with zero attached hydrogens (tertiary/aromatic N) is 2. The van der Waals surface area contributed by atoms with Gasteiger partial charge in [-0.1, -0.05) is 68.1 Å². The summed E-state index contributed by atoms with van der Waals surface area (Å²) in [6, 6.07) is 7.42. The molecule has 0 aromatic heterocycles. The standard InChI is InChI=1S/C27H34FNO3.C5H7NO2/c1-4-8-21(2)17-29(3)27(32-20-26(19-31)15-16-26,23-10-7-11-24(28)14-13-23)25-12-6-5-9-22(25)18-30;1-3-4-5(2)6(7)8/h4-9,11-14,18,21,31H,10,15-17,19-20H2,1-3H3;3-4H,1H2,2H3/b8-4-;5-4+. The number of nitro groups is 1. The van der Waals surface area contributed by atoms with Gasteiger partial charge in [0.25, 0.3) is 0 Å². The number of aliphatic hydroxyl groups is 1. The first-order valence-corrected chi connectivity index (χ1v) is 13.4. The van der Waals surface area contributed by atoms with Crippen molar-refractivity contribution in [2.24, 2.45) is 11.3 Å². The minimum atomic E-state index is -1.08. The Morgan fingerprint density at radius 1 is 1.35 bits per heavy atom. The van der Waals surface area contributed by atoms with Crippen LogP contribution >= 0.6 is 0 Å². The van der Waals surface area contributed by atoms with E-state index in [9.17, 15) is 24.4 Å². The zero-order valence-corrected chi connectivity index (χ0v) is 23.9. The molecule has 1 aromatic carbocycles. The van der Waals surface area contributed by atoms with E-state index >= 15 is 0 Å². The molecule has 0 heterocycles. The van der Waals surface area contributed by atoms with Crippen LogP contribution in [-0.2, 0) is 10.5 Å². The van der Waals surface area contributed by atoms with Crippen LogP contribution in [0.4, 0.5) is 4.39 Å². The van der Waals surface area contributed by atoms with Crippen molar-refractivity contribution in [2.75, 3.05) is 26.8 Å². The molecule has 40 heavy (non-hydrogen) atoms. The van der Waals surface area contributed by atoms with E-state index in [-0.39, 0.29) is 29.5 Å². The molecule has 1 saturated carbocycles. The Labute approximate surface area is 236 Å². The minimum Gasteiger partial charge on any atom is -0.396 e. The number of ether oxygens (including phenoxy) is 1. The summed E-state index contributed by atoms with van der Waals surface area (Å²) in [7, 11) is 1.98. The highest BCUT2D eigenvalue weighted by atomic mass is 19.1. The van der Waals surface area contributed by atoms with Gasteiger partial charge in [-0.15, -0.1) is 0 Å². The van der Waals surface area contributed by atoms with Crippen LogP contribution in [0.15, 0.2) is 96.5 Å². The topological polar surface area (TPSA) is 92.9 Å². The maximum Gasteiger partial charge on any atom is 0.243 e. The Hall–Kier alpha value is -3.46. The molecule has 2 aliphatic carbocycles. The number of carbonyl (C=O) groups excluding carboxylic acids is 1. The Morgan fingerprint density at radius 2 is 2.05 bits per heavy atom. The van der Waals surface area contributed by atoms with Gasteiger partial charge in [-0.25, -0.2) is 4.39 Å². The normalized spacial score (nSPS) is 18.5. The van der Waals surface area contributed by atoms with Crippen molar-refractivity contribution < 1.29 is 24.0 Å². The van der Waals surface area contributed by atoms with Gasteiger partial charge in [0.05, 0.1) is 18.1 Å². The Morgan fingerprint density at radius 3 is 2.60 bits per heavy atom. The molecule has 2 unspecified atom stereocenters. The number of carbonyl (C=O) groups is 1. The van der Waals surface area contributed by atoms with E-state index in [1.54, 1.807) is 18.2 Å². The number of rotatable bonds is 13. The molecule has 0 saturated heterocycles. The zero-order chi connectivity index (χ0) is 29.8. The fourth-order valence-corrected chi connectivity index (χ4v) is 4.63. The second-order valence-electron chi connectivity index (χ2n) is 10.3. The summed E-state index contributed by atoms with van der Waals surface area (Å²) in [4.78, 5) is 23.5. The summed E-state index contributed by atoms with van der Waals surface area (Å²) in [6.45, 7) is 9.92. The lowest BCUT2D eigenvalue weighted by Gasteiger charge is -2.45. The molecule has 0 spiro atoms. The number of likely N-dealkylation sites (N-methyl/N-ethyl adjacent to an activating group) is 1. The van der Waals surface area contributed by atoms with E-state index in [1.807, 2.05) is 38.2 Å². The molecule has 2 aliphatic rings. The summed E-state index contributed by atoms with van der Waals surface area (Å²) in [5.74, 6) is -0.0881. The van der Waals surface area contributed by atoms with Gasteiger partial charge in [0, 0.05) is 36.1 Å². The largest absolute Gasteiger partial charge is 0.396 e. The fraction of sp³-hybridized carbons (Fsp3) is 0.406. The predicted octanol–water partition coefficient (Wildman–Crippen LogP) is 6.68. The molecule has 3 rings (SSSR count). The first kappa shape index (κ1) is 32.8. The Bertz CT molecular complexity index is 1200. The van der Waals surface area contributed by atoms with Crippen LogP contribution in [0.25, 0.3) is 0 Å². The highest BCUT2D eigenvalue weighted by molar-refractivity contribution is 5.78. The summed E-state index contributed by atoms with van der Waals surface area (Å²) < 4.78 is 20.9. The summed E-state index contributed by atoms with van der Waals surface area (Å²) in [5.41, 5.74) is 0.891. The number of aldehydes is 1. The highest BCUT2D eigenvalue weighted by Gasteiger charge is 2.48. The second-order valence-corrected chi connectivity index (χ2v) is 10.3. The summed E-state index contributed by atoms with van der Waals surface area (Å²) in [5, 5.41) is 19.7. The third-order valence-electron chi connectivity index (χ3n) is 7.09. The van der Waals surface area contributed by atoms with Gasteiger partial charge in [0.15, 0.2) is 12.0 Å². The van der Waals surface area contributed by atoms with Crippen molar-refractivity contribution in [2.45, 2.75) is 45.8 Å². The van der Waals surface area contributed by atoms with E-state index in [0.717, 1.165) is 30.3 Å². The van der Waals surface area contributed by atoms with Crippen LogP contribution in [0.3, 0.4) is 0 Å². The van der Waals surface area contributed by atoms with Crippen molar-refractivity contribution in [1.29, 1.82) is 0 Å². The van der Waals surface area contributed by atoms with Crippen LogP contribution < -0.4 is 0 Å². The average Bonchev–Trinajstić information content (AvgIpc) is 3.75. The first-order valence-electron chi connectivity index (χ1n) is 13.4. The third-order valence-corrected chi connectivity index (χ3v) is 7.09. The highest BCUT2D eigenvalue weighted by Crippen LogP contribution is 2.49. The second kappa shape index (κ2) is 15.4. The van der Waals surface area contributed by atoms with Gasteiger partial charge < -0.3 is 9.84 Å². The number of benzene rings is 1. The number of aliphatic hydroxyl groups excluding tert-OH is 1. The van der Waals surface area contributed by atoms with Gasteiger partial charge in [0.2, 0.25) is 5.70 Å². The molecule has 0 amide bonds. The van der Waals surface area contributed by atoms with Crippen LogP contribution in [0.1, 0.15) is 56.0 Å². The molecule has 2 atom stereocenters. The van der Waals surface area contributed by atoms with Crippen LogP contribution in [0, 0.1) is 21.4 Å². The average molecular weight is 553 g/mol. The van der Waals surface area contributed by atoms with Gasteiger partial charge >= 0.3 is 0 Å². The lowest BCUT2D eigenvalue weighted by Crippen LogP contribution is -2.50. The van der Waals surface area contributed by atoms with Gasteiger partial charge in [-0.2, -0.15) is 0 Å². The first-order chi connectivity index (χ1) is 19.1. The van der Waals surface area contributed by atoms with E-state index in [4.69, 9.17) is 4.74 Å². The fourth-order valence-electron chi connectivity index (χ4n) is 4.63. The zero-order valence-electron chi connectivity index (χ0n) is 23.9. The van der Waals surface area contributed by atoms with Gasteiger partial charge in [-0.05, 0) is 56.9 Å². The number of hydrogen-bond donors (Lipinski definition) is 1. The molecule has 0 bridgehead atoms. The number of halogens is 1. The van der Waals surface area contributed by atoms with Crippen LogP contribution in [-0.4, -0.2) is 48.0 Å². The van der Waals surface area contributed by atoms with Crippen LogP contribution in [0.5, 0.6) is 0 Å². The lowest BCUT2D eigenvalue weighted by molar-refractivity contribution is -0.424. The smallest absolute Gasteiger partial charge is 0.243 e. The van der Waals surface area contributed by atoms with E-state index in [0.29, 0.717) is 25.1 Å².